The lowest BCUT2D eigenvalue weighted by Crippen LogP contribution is -2.12. The Labute approximate surface area is 135 Å². The molecule has 0 radical (unpaired) electrons. The summed E-state index contributed by atoms with van der Waals surface area (Å²) in [5.74, 6) is 0.392. The minimum Gasteiger partial charge on any atom is -0.496 e. The Morgan fingerprint density at radius 2 is 1.95 bits per heavy atom. The molecule has 0 fully saturated rings. The van der Waals surface area contributed by atoms with Gasteiger partial charge in [-0.2, -0.15) is 0 Å². The van der Waals surface area contributed by atoms with Gasteiger partial charge >= 0.3 is 0 Å². The van der Waals surface area contributed by atoms with Gasteiger partial charge in [0.1, 0.15) is 5.75 Å². The molecule has 0 atom stereocenters. The normalized spacial score (nSPS) is 10.2. The van der Waals surface area contributed by atoms with Gasteiger partial charge in [-0.05, 0) is 52.3 Å². The molecule has 0 aromatic heterocycles. The summed E-state index contributed by atoms with van der Waals surface area (Å²) in [6, 6.07) is 9.94. The molecule has 3 nitrogen and oxygen atoms in total. The van der Waals surface area contributed by atoms with Gasteiger partial charge in [-0.25, -0.2) is 0 Å². The third kappa shape index (κ3) is 3.45. The maximum Gasteiger partial charge on any atom is 0.255 e. The number of benzene rings is 2. The highest BCUT2D eigenvalue weighted by atomic mass is 79.9. The van der Waals surface area contributed by atoms with Gasteiger partial charge in [0.05, 0.1) is 22.3 Å². The molecule has 2 aromatic carbocycles. The number of methoxy groups -OCH3 is 1. The average Bonchev–Trinajstić information content (AvgIpc) is 2.41. The Morgan fingerprint density at radius 3 is 2.55 bits per heavy atom. The molecule has 0 saturated carbocycles. The molecule has 0 aliphatic carbocycles. The van der Waals surface area contributed by atoms with Crippen LogP contribution in [-0.4, -0.2) is 13.0 Å². The van der Waals surface area contributed by atoms with Crippen molar-refractivity contribution in [2.75, 3.05) is 12.4 Å². The molecule has 20 heavy (non-hydrogen) atoms. The fraction of sp³-hybridized carbons (Fsp3) is 0.0714. The summed E-state index contributed by atoms with van der Waals surface area (Å²) in [5, 5.41) is 3.63. The minimum absolute atomic E-state index is 0.266. The number of anilines is 1. The van der Waals surface area contributed by atoms with E-state index < -0.39 is 0 Å². The maximum absolute atomic E-state index is 12.1. The minimum atomic E-state index is -0.266. The summed E-state index contributed by atoms with van der Waals surface area (Å²) in [5.41, 5.74) is 0.997. The molecule has 0 saturated heterocycles. The smallest absolute Gasteiger partial charge is 0.255 e. The highest BCUT2D eigenvalue weighted by Crippen LogP contribution is 2.28. The van der Waals surface area contributed by atoms with E-state index in [1.54, 1.807) is 43.5 Å². The number of carbonyl (C=O) groups is 1. The van der Waals surface area contributed by atoms with Crippen molar-refractivity contribution in [1.82, 2.24) is 0 Å². The molecular formula is C14H10BrCl2NO2. The van der Waals surface area contributed by atoms with Crippen LogP contribution in [0, 0.1) is 0 Å². The number of hydrogen-bond acceptors (Lipinski definition) is 2. The number of amides is 1. The van der Waals surface area contributed by atoms with E-state index in [1.165, 1.54) is 0 Å². The zero-order valence-corrected chi connectivity index (χ0v) is 13.5. The summed E-state index contributed by atoms with van der Waals surface area (Å²) in [7, 11) is 1.56. The molecule has 6 heteroatoms. The van der Waals surface area contributed by atoms with Crippen molar-refractivity contribution in [2.45, 2.75) is 0 Å². The average molecular weight is 375 g/mol. The van der Waals surface area contributed by atoms with Crippen LogP contribution in [0.15, 0.2) is 40.9 Å². The first-order valence-corrected chi connectivity index (χ1v) is 7.16. The molecule has 1 N–H and O–H groups in total. The summed E-state index contributed by atoms with van der Waals surface area (Å²) in [6.45, 7) is 0. The molecule has 0 heterocycles. The van der Waals surface area contributed by atoms with Crippen molar-refractivity contribution in [3.63, 3.8) is 0 Å². The maximum atomic E-state index is 12.1. The van der Waals surface area contributed by atoms with Gasteiger partial charge in [0.25, 0.3) is 5.91 Å². The quantitative estimate of drug-likeness (QED) is 0.819. The number of hydrogen-bond donors (Lipinski definition) is 1. The third-order valence-electron chi connectivity index (χ3n) is 2.59. The standard InChI is InChI=1S/C14H10BrCl2NO2/c1-20-13-5-2-8(6-10(13)15)14(19)18-12-4-3-9(16)7-11(12)17/h2-7H,1H3,(H,18,19). The molecule has 104 valence electrons. The highest BCUT2D eigenvalue weighted by molar-refractivity contribution is 9.10. The van der Waals surface area contributed by atoms with Gasteiger partial charge in [-0.1, -0.05) is 23.2 Å². The topological polar surface area (TPSA) is 38.3 Å². The van der Waals surface area contributed by atoms with Gasteiger partial charge in [0, 0.05) is 10.6 Å². The third-order valence-corrected chi connectivity index (χ3v) is 3.76. The van der Waals surface area contributed by atoms with E-state index in [0.29, 0.717) is 31.5 Å². The lowest BCUT2D eigenvalue weighted by molar-refractivity contribution is 0.102. The van der Waals surface area contributed by atoms with E-state index in [9.17, 15) is 4.79 Å². The number of nitrogens with one attached hydrogen (secondary N) is 1. The van der Waals surface area contributed by atoms with Crippen molar-refractivity contribution in [1.29, 1.82) is 0 Å². The summed E-state index contributed by atoms with van der Waals surface area (Å²) >= 11 is 15.2. The van der Waals surface area contributed by atoms with Crippen LogP contribution in [0.25, 0.3) is 0 Å². The predicted octanol–water partition coefficient (Wildman–Crippen LogP) is 5.02. The van der Waals surface area contributed by atoms with E-state index in [-0.39, 0.29) is 5.91 Å². The van der Waals surface area contributed by atoms with Crippen LogP contribution in [0.5, 0.6) is 5.75 Å². The molecule has 2 rings (SSSR count). The fourth-order valence-corrected chi connectivity index (χ4v) is 2.59. The monoisotopic (exact) mass is 373 g/mol. The van der Waals surface area contributed by atoms with E-state index in [2.05, 4.69) is 21.2 Å². The molecular weight excluding hydrogens is 365 g/mol. The van der Waals surface area contributed by atoms with Crippen LogP contribution in [-0.2, 0) is 0 Å². The summed E-state index contributed by atoms with van der Waals surface area (Å²) in [4.78, 5) is 12.1. The first-order valence-electron chi connectivity index (χ1n) is 5.61. The van der Waals surface area contributed by atoms with Crippen molar-refractivity contribution in [3.05, 3.63) is 56.5 Å². The Kier molecular flexibility index (Phi) is 4.91. The van der Waals surface area contributed by atoms with E-state index in [4.69, 9.17) is 27.9 Å². The Balaban J connectivity index is 2.21. The number of rotatable bonds is 3. The van der Waals surface area contributed by atoms with Crippen molar-refractivity contribution in [3.8, 4) is 5.75 Å². The van der Waals surface area contributed by atoms with Crippen molar-refractivity contribution >= 4 is 50.7 Å². The zero-order chi connectivity index (χ0) is 14.7. The van der Waals surface area contributed by atoms with Gasteiger partial charge in [0.15, 0.2) is 0 Å². The molecule has 0 aliphatic heterocycles. The number of ether oxygens (including phenoxy) is 1. The second kappa shape index (κ2) is 6.48. The molecule has 1 amide bonds. The summed E-state index contributed by atoms with van der Waals surface area (Å²) < 4.78 is 5.82. The predicted molar refractivity (Wildman–Crippen MR) is 85.1 cm³/mol. The van der Waals surface area contributed by atoms with Gasteiger partial charge in [-0.3, -0.25) is 4.79 Å². The molecule has 2 aromatic rings. The molecule has 0 unspecified atom stereocenters. The number of carbonyl (C=O) groups excluding carboxylic acids is 1. The van der Waals surface area contributed by atoms with Crippen LogP contribution in [0.4, 0.5) is 5.69 Å². The molecule has 0 bridgehead atoms. The van der Waals surface area contributed by atoms with Crippen LogP contribution >= 0.6 is 39.1 Å². The second-order valence-corrected chi connectivity index (χ2v) is 5.63. The molecule has 0 aliphatic rings. The summed E-state index contributed by atoms with van der Waals surface area (Å²) in [6.07, 6.45) is 0. The SMILES string of the molecule is COc1ccc(C(=O)Nc2ccc(Cl)cc2Cl)cc1Br. The fourth-order valence-electron chi connectivity index (χ4n) is 1.59. The number of halogens is 3. The zero-order valence-electron chi connectivity index (χ0n) is 10.4. The lowest BCUT2D eigenvalue weighted by Gasteiger charge is -2.09. The second-order valence-electron chi connectivity index (χ2n) is 3.93. The van der Waals surface area contributed by atoms with Crippen LogP contribution in [0.1, 0.15) is 10.4 Å². The Bertz CT molecular complexity index is 662. The Hall–Kier alpha value is -1.23. The van der Waals surface area contributed by atoms with Crippen LogP contribution in [0.2, 0.25) is 10.0 Å². The van der Waals surface area contributed by atoms with E-state index in [0.717, 1.165) is 0 Å². The first-order chi connectivity index (χ1) is 9.51. The van der Waals surface area contributed by atoms with Crippen LogP contribution < -0.4 is 10.1 Å². The largest absolute Gasteiger partial charge is 0.496 e. The van der Waals surface area contributed by atoms with Crippen molar-refractivity contribution < 1.29 is 9.53 Å². The first kappa shape index (κ1) is 15.2. The van der Waals surface area contributed by atoms with Crippen LogP contribution in [0.3, 0.4) is 0 Å². The molecule has 0 spiro atoms. The van der Waals surface area contributed by atoms with E-state index in [1.807, 2.05) is 0 Å². The van der Waals surface area contributed by atoms with Gasteiger partial charge in [-0.15, -0.1) is 0 Å². The van der Waals surface area contributed by atoms with Crippen molar-refractivity contribution in [2.24, 2.45) is 0 Å². The Morgan fingerprint density at radius 1 is 1.20 bits per heavy atom. The van der Waals surface area contributed by atoms with Gasteiger partial charge in [0.2, 0.25) is 0 Å². The van der Waals surface area contributed by atoms with E-state index >= 15 is 0 Å². The van der Waals surface area contributed by atoms with Gasteiger partial charge < -0.3 is 10.1 Å². The highest BCUT2D eigenvalue weighted by Gasteiger charge is 2.11. The lowest BCUT2D eigenvalue weighted by atomic mass is 10.2.